The smallest absolute Gasteiger partial charge is 0.289 e. The number of nitrogen functional groups attached to an aromatic ring is 1. The van der Waals surface area contributed by atoms with Crippen LogP contribution in [0.1, 0.15) is 29.2 Å². The minimum atomic E-state index is -0.430. The Kier molecular flexibility index (Phi) is 5.99. The maximum absolute atomic E-state index is 12.3. The van der Waals surface area contributed by atoms with Crippen LogP contribution in [-0.4, -0.2) is 11.2 Å². The first-order valence-electron chi connectivity index (χ1n) is 7.60. The summed E-state index contributed by atoms with van der Waals surface area (Å²) in [5.74, 6) is 0.0297. The molecule has 6 nitrogen and oxygen atoms in total. The van der Waals surface area contributed by atoms with Crippen molar-refractivity contribution < 1.29 is 9.78 Å². The van der Waals surface area contributed by atoms with Crippen LogP contribution in [0.25, 0.3) is 0 Å². The van der Waals surface area contributed by atoms with E-state index < -0.39 is 5.25 Å². The van der Waals surface area contributed by atoms with Crippen LogP contribution in [0.5, 0.6) is 0 Å². The first-order chi connectivity index (χ1) is 11.9. The van der Waals surface area contributed by atoms with Gasteiger partial charge in [-0.15, -0.1) is 0 Å². The van der Waals surface area contributed by atoms with Gasteiger partial charge in [-0.3, -0.25) is 10.5 Å². The van der Waals surface area contributed by atoms with E-state index in [9.17, 15) is 10.1 Å². The Hall–Kier alpha value is -3.03. The number of H-pyrrole nitrogens is 1. The average Bonchev–Trinajstić information content (AvgIpc) is 2.61. The number of hydrogen-bond acceptors (Lipinski definition) is 5. The number of thioether (sulfide) groups is 1. The normalized spacial score (nSPS) is 11.2. The van der Waals surface area contributed by atoms with Crippen molar-refractivity contribution in [2.75, 3.05) is 5.73 Å². The Labute approximate surface area is 150 Å². The quantitative estimate of drug-likeness (QED) is 0.797. The molecule has 0 fully saturated rings. The maximum Gasteiger partial charge on any atom is 0.289 e. The Morgan fingerprint density at radius 1 is 1.28 bits per heavy atom. The third-order valence-corrected chi connectivity index (χ3v) is 4.69. The summed E-state index contributed by atoms with van der Waals surface area (Å²) in [6, 6.07) is 13.3. The van der Waals surface area contributed by atoms with Gasteiger partial charge >= 0.3 is 0 Å². The Morgan fingerprint density at radius 2 is 1.92 bits per heavy atom. The van der Waals surface area contributed by atoms with E-state index in [-0.39, 0.29) is 22.9 Å². The molecule has 0 aliphatic rings. The molecule has 25 heavy (non-hydrogen) atoms. The van der Waals surface area contributed by atoms with E-state index in [1.165, 1.54) is 17.8 Å². The van der Waals surface area contributed by atoms with Gasteiger partial charge in [-0.25, -0.2) is 4.98 Å². The molecule has 1 aromatic carbocycles. The molecule has 0 radical (unpaired) electrons. The van der Waals surface area contributed by atoms with Gasteiger partial charge in [-0.1, -0.05) is 41.6 Å². The van der Waals surface area contributed by atoms with E-state index in [1.807, 2.05) is 43.3 Å². The standard InChI is InChI=1S/C18H17N5OS/c1-11-3-5-13(6-4-11)10-22-17(24)12(2)25-18-15(9-20)7-14(8-19)16(21)23-18/h3-7,12H,10H2,1-2H3,(H2,21,23)(H,22,24)/p+1/t12-/m1/s1. The van der Waals surface area contributed by atoms with Crippen molar-refractivity contribution >= 4 is 23.5 Å². The zero-order valence-electron chi connectivity index (χ0n) is 14.0. The minimum absolute atomic E-state index is 0.147. The van der Waals surface area contributed by atoms with Gasteiger partial charge in [0.05, 0.1) is 5.25 Å². The Balaban J connectivity index is 2.04. The lowest BCUT2D eigenvalue weighted by Crippen LogP contribution is -2.31. The van der Waals surface area contributed by atoms with Gasteiger partial charge in [-0.05, 0) is 25.5 Å². The zero-order chi connectivity index (χ0) is 18.4. The van der Waals surface area contributed by atoms with E-state index in [0.29, 0.717) is 11.6 Å². The topological polar surface area (TPSA) is 117 Å². The summed E-state index contributed by atoms with van der Waals surface area (Å²) in [6.07, 6.45) is 0. The number of anilines is 1. The van der Waals surface area contributed by atoms with Gasteiger partial charge in [-0.2, -0.15) is 10.5 Å². The summed E-state index contributed by atoms with van der Waals surface area (Å²) in [4.78, 5) is 15.1. The number of nitriles is 2. The number of carbonyl (C=O) groups is 1. The van der Waals surface area contributed by atoms with Crippen molar-refractivity contribution in [2.24, 2.45) is 0 Å². The van der Waals surface area contributed by atoms with Gasteiger partial charge in [0, 0.05) is 6.54 Å². The van der Waals surface area contributed by atoms with Crippen LogP contribution in [-0.2, 0) is 11.3 Å². The van der Waals surface area contributed by atoms with Crippen LogP contribution in [0.15, 0.2) is 35.4 Å². The summed E-state index contributed by atoms with van der Waals surface area (Å²) in [5, 5.41) is 21.1. The van der Waals surface area contributed by atoms with Crippen molar-refractivity contribution in [1.29, 1.82) is 10.5 Å². The third-order valence-electron chi connectivity index (χ3n) is 3.56. The summed E-state index contributed by atoms with van der Waals surface area (Å²) >= 11 is 1.19. The highest BCUT2D eigenvalue weighted by atomic mass is 32.2. The summed E-state index contributed by atoms with van der Waals surface area (Å²) < 4.78 is 0. The van der Waals surface area contributed by atoms with Crippen molar-refractivity contribution in [3.63, 3.8) is 0 Å². The number of pyridine rings is 1. The average molecular weight is 352 g/mol. The summed E-state index contributed by atoms with van der Waals surface area (Å²) in [5.41, 5.74) is 8.43. The van der Waals surface area contributed by atoms with Crippen molar-refractivity contribution in [1.82, 2.24) is 5.32 Å². The van der Waals surface area contributed by atoms with Crippen LogP contribution in [0.4, 0.5) is 5.82 Å². The summed E-state index contributed by atoms with van der Waals surface area (Å²) in [6.45, 7) is 4.19. The number of nitrogens with one attached hydrogen (secondary N) is 2. The fourth-order valence-corrected chi connectivity index (χ4v) is 3.03. The number of aryl methyl sites for hydroxylation is 1. The molecule has 1 atom stereocenters. The highest BCUT2D eigenvalue weighted by Crippen LogP contribution is 2.24. The van der Waals surface area contributed by atoms with E-state index >= 15 is 0 Å². The van der Waals surface area contributed by atoms with Gasteiger partial charge in [0.2, 0.25) is 5.91 Å². The number of nitrogens with zero attached hydrogens (tertiary/aromatic N) is 2. The molecule has 2 aromatic rings. The first kappa shape index (κ1) is 18.3. The molecular formula is C18H18N5OS+. The van der Waals surface area contributed by atoms with Gasteiger partial charge in [0.1, 0.15) is 23.3 Å². The highest BCUT2D eigenvalue weighted by molar-refractivity contribution is 8.00. The molecule has 0 spiro atoms. The van der Waals surface area contributed by atoms with Gasteiger partial charge in [0.25, 0.3) is 5.82 Å². The van der Waals surface area contributed by atoms with Crippen LogP contribution >= 0.6 is 11.8 Å². The largest absolute Gasteiger partial charge is 0.351 e. The van der Waals surface area contributed by atoms with Gasteiger partial charge < -0.3 is 5.32 Å². The molecular weight excluding hydrogens is 334 g/mol. The van der Waals surface area contributed by atoms with Gasteiger partial charge in [0.15, 0.2) is 5.03 Å². The fraction of sp³-hybridized carbons (Fsp3) is 0.222. The molecule has 0 saturated carbocycles. The van der Waals surface area contributed by atoms with Crippen molar-refractivity contribution in [3.8, 4) is 12.1 Å². The fourth-order valence-electron chi connectivity index (χ4n) is 2.08. The van der Waals surface area contributed by atoms with Crippen LogP contribution < -0.4 is 16.0 Å². The lowest BCUT2D eigenvalue weighted by atomic mass is 10.1. The molecule has 0 saturated heterocycles. The highest BCUT2D eigenvalue weighted by Gasteiger charge is 2.21. The van der Waals surface area contributed by atoms with Crippen LogP contribution in [0, 0.1) is 29.6 Å². The lowest BCUT2D eigenvalue weighted by molar-refractivity contribution is -0.410. The number of amides is 1. The van der Waals surface area contributed by atoms with E-state index in [0.717, 1.165) is 11.1 Å². The second kappa shape index (κ2) is 8.18. The molecule has 0 aliphatic heterocycles. The first-order valence-corrected chi connectivity index (χ1v) is 8.48. The van der Waals surface area contributed by atoms with Crippen LogP contribution in [0.3, 0.4) is 0 Å². The molecule has 0 aliphatic carbocycles. The van der Waals surface area contributed by atoms with Crippen molar-refractivity contribution in [2.45, 2.75) is 30.7 Å². The SMILES string of the molecule is Cc1ccc(CNC(=O)[C@@H](C)Sc2[nH+]c(N)c(C#N)cc2C#N)cc1. The molecule has 2 rings (SSSR count). The Bertz CT molecular complexity index is 865. The minimum Gasteiger partial charge on any atom is -0.351 e. The molecule has 4 N–H and O–H groups in total. The molecule has 1 amide bonds. The number of aromatic nitrogens is 1. The second-order valence-corrected chi connectivity index (χ2v) is 6.88. The zero-order valence-corrected chi connectivity index (χ0v) is 14.8. The van der Waals surface area contributed by atoms with E-state index in [1.54, 1.807) is 6.92 Å². The number of benzene rings is 1. The molecule has 0 unspecified atom stereocenters. The van der Waals surface area contributed by atoms with Crippen molar-refractivity contribution in [3.05, 3.63) is 52.6 Å². The predicted octanol–water partition coefficient (Wildman–Crippen LogP) is 1.93. The van der Waals surface area contributed by atoms with E-state index in [2.05, 4.69) is 10.3 Å². The number of carbonyl (C=O) groups excluding carboxylic acids is 1. The second-order valence-electron chi connectivity index (χ2n) is 5.53. The number of aromatic amines is 1. The lowest BCUT2D eigenvalue weighted by Gasteiger charge is -2.12. The molecule has 7 heteroatoms. The number of hydrogen-bond donors (Lipinski definition) is 2. The predicted molar refractivity (Wildman–Crippen MR) is 95.2 cm³/mol. The molecule has 0 bridgehead atoms. The molecule has 126 valence electrons. The maximum atomic E-state index is 12.3. The number of nitrogens with two attached hydrogens (primary N) is 1. The molecule has 1 heterocycles. The number of rotatable bonds is 5. The summed E-state index contributed by atoms with van der Waals surface area (Å²) in [7, 11) is 0. The van der Waals surface area contributed by atoms with E-state index in [4.69, 9.17) is 11.0 Å². The third kappa shape index (κ3) is 4.72. The van der Waals surface area contributed by atoms with Crippen LogP contribution in [0.2, 0.25) is 0 Å². The molecule has 1 aromatic heterocycles. The monoisotopic (exact) mass is 352 g/mol. The Morgan fingerprint density at radius 3 is 2.52 bits per heavy atom.